The fourth-order valence-corrected chi connectivity index (χ4v) is 1.81. The van der Waals surface area contributed by atoms with Crippen LogP contribution in [-0.2, 0) is 14.3 Å². The Hall–Kier alpha value is -0.650. The van der Waals surface area contributed by atoms with E-state index in [2.05, 4.69) is 10.6 Å². The van der Waals surface area contributed by atoms with Crippen LogP contribution in [0.5, 0.6) is 0 Å². The Labute approximate surface area is 103 Å². The molecule has 1 saturated heterocycles. The maximum atomic E-state index is 11.4. The average molecular weight is 244 g/mol. The molecule has 1 aliphatic heterocycles. The molecule has 1 amide bonds. The van der Waals surface area contributed by atoms with Crippen molar-refractivity contribution in [1.82, 2.24) is 10.6 Å². The van der Waals surface area contributed by atoms with Crippen LogP contribution >= 0.6 is 0 Å². The van der Waals surface area contributed by atoms with Crippen molar-refractivity contribution in [1.29, 1.82) is 0 Å². The van der Waals surface area contributed by atoms with Gasteiger partial charge in [0.2, 0.25) is 5.91 Å². The van der Waals surface area contributed by atoms with Crippen LogP contribution in [0.3, 0.4) is 0 Å². The molecule has 17 heavy (non-hydrogen) atoms. The smallest absolute Gasteiger partial charge is 0.246 e. The summed E-state index contributed by atoms with van der Waals surface area (Å²) < 4.78 is 10.5. The predicted octanol–water partition coefficient (Wildman–Crippen LogP) is 0.298. The van der Waals surface area contributed by atoms with Gasteiger partial charge in [-0.25, -0.2) is 0 Å². The number of carbonyl (C=O) groups excluding carboxylic acids is 1. The summed E-state index contributed by atoms with van der Waals surface area (Å²) in [6.07, 6.45) is 4.18. The van der Waals surface area contributed by atoms with Crippen LogP contribution in [0.25, 0.3) is 0 Å². The largest absolute Gasteiger partial charge is 0.385 e. The number of hydrogen-bond donors (Lipinski definition) is 2. The van der Waals surface area contributed by atoms with Gasteiger partial charge in [-0.2, -0.15) is 0 Å². The van der Waals surface area contributed by atoms with E-state index in [1.807, 2.05) is 0 Å². The highest BCUT2D eigenvalue weighted by atomic mass is 16.5. The van der Waals surface area contributed by atoms with E-state index in [0.717, 1.165) is 45.4 Å². The second kappa shape index (κ2) is 9.39. The van der Waals surface area contributed by atoms with Gasteiger partial charge in [-0.3, -0.25) is 4.79 Å². The molecule has 0 aromatic carbocycles. The van der Waals surface area contributed by atoms with E-state index in [1.54, 1.807) is 7.11 Å². The Bertz CT molecular complexity index is 206. The minimum absolute atomic E-state index is 0.0130. The van der Waals surface area contributed by atoms with Crippen molar-refractivity contribution in [3.8, 4) is 0 Å². The standard InChI is InChI=1S/C12H24N2O3/c1-16-9-3-2-6-14-12(15)10-17-11-4-7-13-8-5-11/h11,13H,2-10H2,1H3,(H,14,15). The summed E-state index contributed by atoms with van der Waals surface area (Å²) in [5, 5.41) is 6.11. The van der Waals surface area contributed by atoms with Crippen molar-refractivity contribution in [2.75, 3.05) is 40.0 Å². The predicted molar refractivity (Wildman–Crippen MR) is 66.0 cm³/mol. The third-order valence-corrected chi connectivity index (χ3v) is 2.83. The molecule has 0 bridgehead atoms. The van der Waals surface area contributed by atoms with Crippen LogP contribution in [-0.4, -0.2) is 52.0 Å². The van der Waals surface area contributed by atoms with E-state index >= 15 is 0 Å². The lowest BCUT2D eigenvalue weighted by atomic mass is 10.1. The van der Waals surface area contributed by atoms with Crippen LogP contribution in [0.4, 0.5) is 0 Å². The van der Waals surface area contributed by atoms with E-state index < -0.39 is 0 Å². The summed E-state index contributed by atoms with van der Waals surface area (Å²) >= 11 is 0. The molecule has 0 aromatic heterocycles. The molecule has 0 aliphatic carbocycles. The summed E-state index contributed by atoms with van der Waals surface area (Å²) in [5.74, 6) is -0.0130. The molecule has 0 saturated carbocycles. The van der Waals surface area contributed by atoms with Gasteiger partial charge in [-0.05, 0) is 38.8 Å². The first-order valence-electron chi connectivity index (χ1n) is 6.41. The molecule has 0 unspecified atom stereocenters. The van der Waals surface area contributed by atoms with Gasteiger partial charge < -0.3 is 20.1 Å². The third kappa shape index (κ3) is 7.31. The minimum atomic E-state index is -0.0130. The maximum absolute atomic E-state index is 11.4. The van der Waals surface area contributed by atoms with Crippen LogP contribution in [0.15, 0.2) is 0 Å². The van der Waals surface area contributed by atoms with Crippen LogP contribution < -0.4 is 10.6 Å². The Balaban J connectivity index is 1.93. The van der Waals surface area contributed by atoms with Gasteiger partial charge in [0.15, 0.2) is 0 Å². The quantitative estimate of drug-likeness (QED) is 0.603. The number of methoxy groups -OCH3 is 1. The van der Waals surface area contributed by atoms with Gasteiger partial charge >= 0.3 is 0 Å². The zero-order valence-electron chi connectivity index (χ0n) is 10.7. The summed E-state index contributed by atoms with van der Waals surface area (Å²) in [6, 6.07) is 0. The molecule has 5 nitrogen and oxygen atoms in total. The van der Waals surface area contributed by atoms with Gasteiger partial charge in [0.1, 0.15) is 6.61 Å². The summed E-state index contributed by atoms with van der Waals surface area (Å²) in [6.45, 7) is 3.63. The van der Waals surface area contributed by atoms with Gasteiger partial charge in [0.25, 0.3) is 0 Å². The molecule has 0 radical (unpaired) electrons. The normalized spacial score (nSPS) is 17.0. The molecule has 1 aliphatic rings. The highest BCUT2D eigenvalue weighted by Crippen LogP contribution is 2.06. The first kappa shape index (κ1) is 14.4. The van der Waals surface area contributed by atoms with Gasteiger partial charge in [0, 0.05) is 20.3 Å². The molecule has 0 aromatic rings. The Morgan fingerprint density at radius 1 is 1.35 bits per heavy atom. The Morgan fingerprint density at radius 3 is 2.82 bits per heavy atom. The number of unbranched alkanes of at least 4 members (excludes halogenated alkanes) is 1. The monoisotopic (exact) mass is 244 g/mol. The van der Waals surface area contributed by atoms with Crippen molar-refractivity contribution in [3.63, 3.8) is 0 Å². The molecule has 100 valence electrons. The number of amides is 1. The highest BCUT2D eigenvalue weighted by molar-refractivity contribution is 5.77. The van der Waals surface area contributed by atoms with E-state index in [-0.39, 0.29) is 18.6 Å². The summed E-state index contributed by atoms with van der Waals surface area (Å²) in [4.78, 5) is 11.4. The first-order valence-corrected chi connectivity index (χ1v) is 6.41. The fraction of sp³-hybridized carbons (Fsp3) is 0.917. The van der Waals surface area contributed by atoms with Crippen LogP contribution in [0, 0.1) is 0 Å². The maximum Gasteiger partial charge on any atom is 0.246 e. The number of nitrogens with one attached hydrogen (secondary N) is 2. The van der Waals surface area contributed by atoms with Crippen LogP contribution in [0.2, 0.25) is 0 Å². The van der Waals surface area contributed by atoms with Gasteiger partial charge in [-0.15, -0.1) is 0 Å². The van der Waals surface area contributed by atoms with E-state index in [9.17, 15) is 4.79 Å². The number of rotatable bonds is 8. The summed E-state index contributed by atoms with van der Waals surface area (Å²) in [7, 11) is 1.69. The first-order chi connectivity index (χ1) is 8.33. The highest BCUT2D eigenvalue weighted by Gasteiger charge is 2.14. The second-order valence-electron chi connectivity index (χ2n) is 4.31. The van der Waals surface area contributed by atoms with E-state index in [4.69, 9.17) is 9.47 Å². The second-order valence-corrected chi connectivity index (χ2v) is 4.31. The molecule has 0 atom stereocenters. The molecular weight excluding hydrogens is 220 g/mol. The molecule has 1 heterocycles. The Morgan fingerprint density at radius 2 is 2.12 bits per heavy atom. The number of hydrogen-bond acceptors (Lipinski definition) is 4. The molecule has 5 heteroatoms. The topological polar surface area (TPSA) is 59.6 Å². The minimum Gasteiger partial charge on any atom is -0.385 e. The number of carbonyl (C=O) groups is 1. The lowest BCUT2D eigenvalue weighted by molar-refractivity contribution is -0.128. The number of ether oxygens (including phenoxy) is 2. The zero-order valence-corrected chi connectivity index (χ0v) is 10.7. The molecule has 1 rings (SSSR count). The van der Waals surface area contributed by atoms with Crippen LogP contribution in [0.1, 0.15) is 25.7 Å². The zero-order chi connectivity index (χ0) is 12.3. The van der Waals surface area contributed by atoms with E-state index in [1.165, 1.54) is 0 Å². The van der Waals surface area contributed by atoms with Crippen molar-refractivity contribution in [2.24, 2.45) is 0 Å². The van der Waals surface area contributed by atoms with Gasteiger partial charge in [-0.1, -0.05) is 0 Å². The third-order valence-electron chi connectivity index (χ3n) is 2.83. The Kier molecular flexibility index (Phi) is 7.96. The lowest BCUT2D eigenvalue weighted by Gasteiger charge is -2.22. The number of piperidine rings is 1. The molecule has 1 fully saturated rings. The SMILES string of the molecule is COCCCCNC(=O)COC1CCNCC1. The fourth-order valence-electron chi connectivity index (χ4n) is 1.81. The molecule has 2 N–H and O–H groups in total. The van der Waals surface area contributed by atoms with Crippen molar-refractivity contribution in [3.05, 3.63) is 0 Å². The molecular formula is C12H24N2O3. The van der Waals surface area contributed by atoms with Gasteiger partial charge in [0.05, 0.1) is 6.10 Å². The summed E-state index contributed by atoms with van der Waals surface area (Å²) in [5.41, 5.74) is 0. The van der Waals surface area contributed by atoms with Crippen molar-refractivity contribution < 1.29 is 14.3 Å². The lowest BCUT2D eigenvalue weighted by Crippen LogP contribution is -2.36. The van der Waals surface area contributed by atoms with Crippen molar-refractivity contribution in [2.45, 2.75) is 31.8 Å². The van der Waals surface area contributed by atoms with Crippen molar-refractivity contribution >= 4 is 5.91 Å². The average Bonchev–Trinajstić information content (AvgIpc) is 2.37. The van der Waals surface area contributed by atoms with E-state index in [0.29, 0.717) is 6.54 Å². The molecule has 0 spiro atoms.